The van der Waals surface area contributed by atoms with E-state index in [1.807, 2.05) is 37.3 Å². The summed E-state index contributed by atoms with van der Waals surface area (Å²) in [5, 5.41) is 10.5. The lowest BCUT2D eigenvalue weighted by Crippen LogP contribution is -2.23. The third kappa shape index (κ3) is 3.01. The van der Waals surface area contributed by atoms with Crippen molar-refractivity contribution in [3.63, 3.8) is 0 Å². The normalized spacial score (nSPS) is 10.6. The van der Waals surface area contributed by atoms with Crippen LogP contribution in [0, 0.1) is 0 Å². The van der Waals surface area contributed by atoms with E-state index in [4.69, 9.17) is 4.52 Å². The third-order valence-corrected chi connectivity index (χ3v) is 3.76. The Morgan fingerprint density at radius 3 is 2.91 bits per heavy atom. The maximum absolute atomic E-state index is 12.1. The average molecular weight is 315 g/mol. The summed E-state index contributed by atoms with van der Waals surface area (Å²) in [6.07, 6.45) is 0.666. The van der Waals surface area contributed by atoms with Crippen molar-refractivity contribution in [3.8, 4) is 11.5 Å². The summed E-state index contributed by atoms with van der Waals surface area (Å²) in [5.41, 5.74) is 1.54. The van der Waals surface area contributed by atoms with Gasteiger partial charge in [0, 0.05) is 5.56 Å². The summed E-state index contributed by atoms with van der Waals surface area (Å²) in [7, 11) is 0. The van der Waals surface area contributed by atoms with Crippen LogP contribution in [-0.2, 0) is 13.0 Å². The molecule has 0 aliphatic heterocycles. The third-order valence-electron chi connectivity index (χ3n) is 2.99. The highest BCUT2D eigenvalue weighted by atomic mass is 32.1. The minimum atomic E-state index is -0.224. The highest BCUT2D eigenvalue weighted by molar-refractivity contribution is 7.08. The molecule has 22 heavy (non-hydrogen) atoms. The van der Waals surface area contributed by atoms with Crippen LogP contribution >= 0.6 is 11.5 Å². The van der Waals surface area contributed by atoms with Gasteiger partial charge in [-0.2, -0.15) is 4.98 Å². The largest absolute Gasteiger partial charge is 0.344 e. The Hall–Kier alpha value is -2.61. The van der Waals surface area contributed by atoms with Crippen LogP contribution in [0.4, 0.5) is 0 Å². The fraction of sp³-hybridized carbons (Fsp3) is 0.214. The highest BCUT2D eigenvalue weighted by Crippen LogP contribution is 2.16. The minimum Gasteiger partial charge on any atom is -0.344 e. The highest BCUT2D eigenvalue weighted by Gasteiger charge is 2.16. The molecule has 2 heterocycles. The van der Waals surface area contributed by atoms with Gasteiger partial charge >= 0.3 is 0 Å². The Bertz CT molecular complexity index is 768. The molecular weight excluding hydrogens is 302 g/mol. The fourth-order valence-corrected chi connectivity index (χ4v) is 2.54. The standard InChI is InChI=1S/C14H13N5O2S/c1-2-10-12(22-19-17-10)13(20)15-8-11-16-14(21-18-11)9-6-4-3-5-7-9/h3-7H,2,8H2,1H3,(H,15,20). The number of carbonyl (C=O) groups excluding carboxylic acids is 1. The topological polar surface area (TPSA) is 93.8 Å². The van der Waals surface area contributed by atoms with Crippen molar-refractivity contribution in [2.24, 2.45) is 0 Å². The van der Waals surface area contributed by atoms with Crippen LogP contribution < -0.4 is 5.32 Å². The number of carbonyl (C=O) groups is 1. The van der Waals surface area contributed by atoms with Gasteiger partial charge in [0.15, 0.2) is 5.82 Å². The molecule has 0 aliphatic carbocycles. The monoisotopic (exact) mass is 315 g/mol. The lowest BCUT2D eigenvalue weighted by molar-refractivity contribution is 0.0952. The van der Waals surface area contributed by atoms with Gasteiger partial charge in [-0.05, 0) is 30.1 Å². The molecule has 0 unspecified atom stereocenters. The molecule has 0 radical (unpaired) electrons. The van der Waals surface area contributed by atoms with Gasteiger partial charge in [0.05, 0.1) is 12.2 Å². The van der Waals surface area contributed by atoms with Crippen molar-refractivity contribution in [1.29, 1.82) is 0 Å². The first-order valence-corrected chi connectivity index (χ1v) is 7.52. The van der Waals surface area contributed by atoms with Crippen molar-refractivity contribution in [2.45, 2.75) is 19.9 Å². The van der Waals surface area contributed by atoms with Gasteiger partial charge in [-0.15, -0.1) is 5.10 Å². The second-order valence-electron chi connectivity index (χ2n) is 4.47. The Balaban J connectivity index is 1.65. The van der Waals surface area contributed by atoms with Gasteiger partial charge in [0.25, 0.3) is 11.8 Å². The maximum atomic E-state index is 12.1. The summed E-state index contributed by atoms with van der Waals surface area (Å²) in [6.45, 7) is 2.12. The van der Waals surface area contributed by atoms with E-state index in [0.717, 1.165) is 17.1 Å². The van der Waals surface area contributed by atoms with Crippen LogP contribution in [0.1, 0.15) is 28.1 Å². The van der Waals surface area contributed by atoms with Crippen LogP contribution in [0.15, 0.2) is 34.9 Å². The Morgan fingerprint density at radius 1 is 1.32 bits per heavy atom. The molecule has 3 rings (SSSR count). The number of aryl methyl sites for hydroxylation is 1. The minimum absolute atomic E-state index is 0.191. The van der Waals surface area contributed by atoms with Gasteiger partial charge in [0.2, 0.25) is 0 Å². The summed E-state index contributed by atoms with van der Waals surface area (Å²) >= 11 is 1.08. The molecule has 1 aromatic carbocycles. The molecule has 0 spiro atoms. The molecule has 0 saturated carbocycles. The first kappa shape index (κ1) is 14.3. The zero-order valence-corrected chi connectivity index (χ0v) is 12.6. The van der Waals surface area contributed by atoms with E-state index in [1.165, 1.54) is 0 Å². The summed E-state index contributed by atoms with van der Waals surface area (Å²) < 4.78 is 8.98. The predicted octanol–water partition coefficient (Wildman–Crippen LogP) is 2.08. The van der Waals surface area contributed by atoms with Crippen LogP contribution in [-0.4, -0.2) is 25.6 Å². The molecule has 1 amide bonds. The van der Waals surface area contributed by atoms with Crippen LogP contribution in [0.25, 0.3) is 11.5 Å². The summed E-state index contributed by atoms with van der Waals surface area (Å²) in [6, 6.07) is 9.46. The zero-order valence-electron chi connectivity index (χ0n) is 11.8. The molecule has 3 aromatic rings. The number of nitrogens with one attached hydrogen (secondary N) is 1. The van der Waals surface area contributed by atoms with Gasteiger partial charge in [-0.3, -0.25) is 4.79 Å². The molecule has 0 saturated heterocycles. The average Bonchev–Trinajstić information content (AvgIpc) is 3.22. The summed E-state index contributed by atoms with van der Waals surface area (Å²) in [5.74, 6) is 0.624. The Labute approximate surface area is 130 Å². The van der Waals surface area contributed by atoms with Gasteiger partial charge in [-0.25, -0.2) is 0 Å². The smallest absolute Gasteiger partial charge is 0.265 e. The summed E-state index contributed by atoms with van der Waals surface area (Å²) in [4.78, 5) is 16.8. The lowest BCUT2D eigenvalue weighted by Gasteiger charge is -2.00. The number of rotatable bonds is 5. The Kier molecular flexibility index (Phi) is 4.19. The first-order valence-electron chi connectivity index (χ1n) is 6.75. The molecular formula is C14H13N5O2S. The van der Waals surface area contributed by atoms with E-state index in [0.29, 0.717) is 28.7 Å². The quantitative estimate of drug-likeness (QED) is 0.774. The van der Waals surface area contributed by atoms with E-state index < -0.39 is 0 Å². The van der Waals surface area contributed by atoms with Crippen molar-refractivity contribution < 1.29 is 9.32 Å². The molecule has 2 aromatic heterocycles. The maximum Gasteiger partial charge on any atom is 0.265 e. The van der Waals surface area contributed by atoms with Crippen molar-refractivity contribution in [1.82, 2.24) is 25.0 Å². The second kappa shape index (κ2) is 6.44. The van der Waals surface area contributed by atoms with E-state index in [9.17, 15) is 4.79 Å². The van der Waals surface area contributed by atoms with Crippen molar-refractivity contribution in [2.75, 3.05) is 0 Å². The van der Waals surface area contributed by atoms with Gasteiger partial charge < -0.3 is 9.84 Å². The van der Waals surface area contributed by atoms with E-state index >= 15 is 0 Å². The van der Waals surface area contributed by atoms with E-state index in [-0.39, 0.29) is 12.5 Å². The molecule has 0 bridgehead atoms. The van der Waals surface area contributed by atoms with Crippen LogP contribution in [0.2, 0.25) is 0 Å². The fourth-order valence-electron chi connectivity index (χ4n) is 1.88. The SMILES string of the molecule is CCc1nnsc1C(=O)NCc1noc(-c2ccccc2)n1. The molecule has 112 valence electrons. The molecule has 1 N–H and O–H groups in total. The van der Waals surface area contributed by atoms with Gasteiger partial charge in [0.1, 0.15) is 4.88 Å². The second-order valence-corrected chi connectivity index (χ2v) is 5.22. The number of amides is 1. The van der Waals surface area contributed by atoms with Crippen molar-refractivity contribution in [3.05, 3.63) is 46.7 Å². The molecule has 8 heteroatoms. The van der Waals surface area contributed by atoms with Gasteiger partial charge in [-0.1, -0.05) is 34.8 Å². The number of hydrogen-bond donors (Lipinski definition) is 1. The number of hydrogen-bond acceptors (Lipinski definition) is 7. The molecule has 7 nitrogen and oxygen atoms in total. The van der Waals surface area contributed by atoms with E-state index in [1.54, 1.807) is 0 Å². The number of nitrogens with zero attached hydrogens (tertiary/aromatic N) is 4. The van der Waals surface area contributed by atoms with Crippen LogP contribution in [0.3, 0.4) is 0 Å². The molecule has 0 fully saturated rings. The number of benzene rings is 1. The first-order chi connectivity index (χ1) is 10.8. The lowest BCUT2D eigenvalue weighted by atomic mass is 10.2. The predicted molar refractivity (Wildman–Crippen MR) is 80.2 cm³/mol. The number of aromatic nitrogens is 4. The molecule has 0 aliphatic rings. The molecule has 0 atom stereocenters. The van der Waals surface area contributed by atoms with E-state index in [2.05, 4.69) is 25.0 Å². The Morgan fingerprint density at radius 2 is 2.14 bits per heavy atom. The van der Waals surface area contributed by atoms with Crippen LogP contribution in [0.5, 0.6) is 0 Å². The van der Waals surface area contributed by atoms with Crippen molar-refractivity contribution >= 4 is 17.4 Å². The zero-order chi connectivity index (χ0) is 15.4.